The molecule has 6 nitrogen and oxygen atoms in total. The summed E-state index contributed by atoms with van der Waals surface area (Å²) in [4.78, 5) is 37.1. The third kappa shape index (κ3) is 4.40. The van der Waals surface area contributed by atoms with Crippen LogP contribution in [0.5, 0.6) is 0 Å². The maximum Gasteiger partial charge on any atom is 0.416 e. The first kappa shape index (κ1) is 19.2. The van der Waals surface area contributed by atoms with Gasteiger partial charge in [0.05, 0.1) is 18.0 Å². The maximum absolute atomic E-state index is 12.5. The summed E-state index contributed by atoms with van der Waals surface area (Å²) in [5.74, 6) is -2.29. The predicted octanol–water partition coefficient (Wildman–Crippen LogP) is 2.00. The van der Waals surface area contributed by atoms with Crippen molar-refractivity contribution in [3.05, 3.63) is 35.4 Å². The Hall–Kier alpha value is -2.58. The Morgan fingerprint density at radius 3 is 2.26 bits per heavy atom. The third-order valence-corrected chi connectivity index (χ3v) is 5.14. The molecule has 2 amide bonds. The molecule has 2 fully saturated rings. The highest BCUT2D eigenvalue weighted by Crippen LogP contribution is 2.44. The lowest BCUT2D eigenvalue weighted by Gasteiger charge is -2.16. The number of hydrogen-bond donors (Lipinski definition) is 2. The number of carbonyl (C=O) groups is 3. The molecule has 2 atom stereocenters. The number of hydrogen-bond acceptors (Lipinski definition) is 3. The zero-order valence-corrected chi connectivity index (χ0v) is 14.3. The molecule has 27 heavy (non-hydrogen) atoms. The van der Waals surface area contributed by atoms with Gasteiger partial charge in [0.2, 0.25) is 5.91 Å². The number of rotatable bonds is 5. The highest BCUT2D eigenvalue weighted by atomic mass is 19.4. The molecule has 9 heteroatoms. The molecular formula is C18H19F3N2O4. The van der Waals surface area contributed by atoms with Crippen LogP contribution in [-0.4, -0.2) is 47.4 Å². The van der Waals surface area contributed by atoms with Crippen LogP contribution in [0.25, 0.3) is 0 Å². The van der Waals surface area contributed by atoms with E-state index in [4.69, 9.17) is 0 Å². The largest absolute Gasteiger partial charge is 0.481 e. The summed E-state index contributed by atoms with van der Waals surface area (Å²) in [6.45, 7) is 0.145. The number of nitrogens with zero attached hydrogens (tertiary/aromatic N) is 1. The second-order valence-electron chi connectivity index (χ2n) is 7.00. The molecule has 0 aromatic heterocycles. The van der Waals surface area contributed by atoms with Crippen LogP contribution in [0.1, 0.15) is 28.8 Å². The second-order valence-corrected chi connectivity index (χ2v) is 7.00. The minimum atomic E-state index is -4.49. The number of carboxylic acid groups (broad SMARTS) is 1. The molecular weight excluding hydrogens is 365 g/mol. The van der Waals surface area contributed by atoms with Gasteiger partial charge in [0.1, 0.15) is 0 Å². The van der Waals surface area contributed by atoms with Crippen LogP contribution in [0.15, 0.2) is 24.3 Å². The smallest absolute Gasteiger partial charge is 0.416 e. The van der Waals surface area contributed by atoms with Crippen LogP contribution in [0.2, 0.25) is 0 Å². The molecule has 0 unspecified atom stereocenters. The molecule has 1 saturated heterocycles. The van der Waals surface area contributed by atoms with Crippen LogP contribution < -0.4 is 5.32 Å². The highest BCUT2D eigenvalue weighted by molar-refractivity contribution is 5.96. The van der Waals surface area contributed by atoms with Crippen LogP contribution in [-0.2, 0) is 15.8 Å². The first-order chi connectivity index (χ1) is 12.7. The Kier molecular flexibility index (Phi) is 5.12. The normalized spacial score (nSPS) is 22.6. The number of halogens is 3. The van der Waals surface area contributed by atoms with E-state index < -0.39 is 35.4 Å². The van der Waals surface area contributed by atoms with E-state index in [0.29, 0.717) is 12.5 Å². The maximum atomic E-state index is 12.5. The zero-order valence-electron chi connectivity index (χ0n) is 14.3. The van der Waals surface area contributed by atoms with Gasteiger partial charge in [-0.05, 0) is 48.9 Å². The Balaban J connectivity index is 1.54. The van der Waals surface area contributed by atoms with Gasteiger partial charge in [-0.3, -0.25) is 14.4 Å². The number of carboxylic acids is 1. The molecule has 2 N–H and O–H groups in total. The Morgan fingerprint density at radius 1 is 1.11 bits per heavy atom. The van der Waals surface area contributed by atoms with Crippen molar-refractivity contribution in [2.45, 2.75) is 19.0 Å². The molecule has 146 valence electrons. The summed E-state index contributed by atoms with van der Waals surface area (Å²) in [7, 11) is 0. The third-order valence-electron chi connectivity index (χ3n) is 5.14. The van der Waals surface area contributed by atoms with Gasteiger partial charge in [0.25, 0.3) is 5.91 Å². The number of aliphatic carboxylic acids is 1. The molecule has 1 aromatic carbocycles. The van der Waals surface area contributed by atoms with Crippen LogP contribution in [0, 0.1) is 17.8 Å². The number of benzene rings is 1. The zero-order chi connectivity index (χ0) is 19.8. The fraction of sp³-hybridized carbons (Fsp3) is 0.500. The van der Waals surface area contributed by atoms with E-state index in [-0.39, 0.29) is 24.6 Å². The number of carbonyl (C=O) groups excluding carboxylic acids is 2. The first-order valence-electron chi connectivity index (χ1n) is 8.63. The van der Waals surface area contributed by atoms with Gasteiger partial charge in [0.15, 0.2) is 0 Å². The Bertz CT molecular complexity index is 744. The van der Waals surface area contributed by atoms with Gasteiger partial charge in [-0.2, -0.15) is 13.2 Å². The van der Waals surface area contributed by atoms with Gasteiger partial charge < -0.3 is 15.3 Å². The summed E-state index contributed by atoms with van der Waals surface area (Å²) in [6, 6.07) is 3.69. The lowest BCUT2D eigenvalue weighted by atomic mass is 9.92. The second kappa shape index (κ2) is 7.21. The Labute approximate surface area is 153 Å². The Morgan fingerprint density at radius 2 is 1.74 bits per heavy atom. The minimum absolute atomic E-state index is 0.0106. The number of likely N-dealkylation sites (tertiary alicyclic amines) is 1. The van der Waals surface area contributed by atoms with Crippen molar-refractivity contribution < 1.29 is 32.7 Å². The summed E-state index contributed by atoms with van der Waals surface area (Å²) in [6.07, 6.45) is -2.54. The summed E-state index contributed by atoms with van der Waals surface area (Å²) < 4.78 is 37.6. The predicted molar refractivity (Wildman–Crippen MR) is 87.7 cm³/mol. The number of nitrogens with one attached hydrogen (secondary N) is 1. The van der Waals surface area contributed by atoms with Crippen LogP contribution in [0.4, 0.5) is 13.2 Å². The average Bonchev–Trinajstić information content (AvgIpc) is 3.36. The van der Waals surface area contributed by atoms with Gasteiger partial charge in [-0.15, -0.1) is 0 Å². The minimum Gasteiger partial charge on any atom is -0.481 e. The van der Waals surface area contributed by atoms with E-state index in [9.17, 15) is 32.7 Å². The molecule has 1 aliphatic carbocycles. The van der Waals surface area contributed by atoms with Crippen molar-refractivity contribution in [3.63, 3.8) is 0 Å². The fourth-order valence-corrected chi connectivity index (χ4v) is 3.48. The van der Waals surface area contributed by atoms with E-state index in [1.807, 2.05) is 0 Å². The van der Waals surface area contributed by atoms with Gasteiger partial charge in [0, 0.05) is 18.7 Å². The van der Waals surface area contributed by atoms with Gasteiger partial charge >= 0.3 is 12.1 Å². The van der Waals surface area contributed by atoms with Crippen molar-refractivity contribution in [3.8, 4) is 0 Å². The number of alkyl halides is 3. The van der Waals surface area contributed by atoms with Gasteiger partial charge in [-0.1, -0.05) is 0 Å². The van der Waals surface area contributed by atoms with Crippen molar-refractivity contribution in [1.29, 1.82) is 0 Å². The van der Waals surface area contributed by atoms with E-state index in [1.54, 1.807) is 0 Å². The van der Waals surface area contributed by atoms with E-state index >= 15 is 0 Å². The van der Waals surface area contributed by atoms with E-state index in [1.165, 1.54) is 4.90 Å². The SMILES string of the molecule is O=C(NCC(=O)N1C[C@H](C(=O)O)[C@@H](C2CC2)C1)c1ccc(C(F)(F)F)cc1. The van der Waals surface area contributed by atoms with Crippen molar-refractivity contribution in [2.75, 3.05) is 19.6 Å². The molecule has 0 radical (unpaired) electrons. The topological polar surface area (TPSA) is 86.7 Å². The lowest BCUT2D eigenvalue weighted by molar-refractivity contribution is -0.143. The van der Waals surface area contributed by atoms with Crippen molar-refractivity contribution in [1.82, 2.24) is 10.2 Å². The molecule has 3 rings (SSSR count). The van der Waals surface area contributed by atoms with Crippen LogP contribution in [0.3, 0.4) is 0 Å². The standard InChI is InChI=1S/C18H19F3N2O4/c19-18(20,21)12-5-3-11(4-6-12)16(25)22-7-15(24)23-8-13(10-1-2-10)14(9-23)17(26)27/h3-6,10,13-14H,1-2,7-9H2,(H,22,25)(H,26,27)/t13-,14+/m1/s1. The molecule has 2 aliphatic rings. The molecule has 0 bridgehead atoms. The highest BCUT2D eigenvalue weighted by Gasteiger charge is 2.46. The molecule has 1 aliphatic heterocycles. The van der Waals surface area contributed by atoms with Crippen molar-refractivity contribution >= 4 is 17.8 Å². The number of amides is 2. The monoisotopic (exact) mass is 384 g/mol. The summed E-state index contributed by atoms with van der Waals surface area (Å²) in [5.41, 5.74) is -0.852. The quantitative estimate of drug-likeness (QED) is 0.813. The van der Waals surface area contributed by atoms with Gasteiger partial charge in [-0.25, -0.2) is 0 Å². The molecule has 1 aromatic rings. The summed E-state index contributed by atoms with van der Waals surface area (Å²) in [5, 5.41) is 11.7. The lowest BCUT2D eigenvalue weighted by Crippen LogP contribution is -2.39. The average molecular weight is 384 g/mol. The molecule has 1 heterocycles. The fourth-order valence-electron chi connectivity index (χ4n) is 3.48. The van der Waals surface area contributed by atoms with Crippen molar-refractivity contribution in [2.24, 2.45) is 17.8 Å². The van der Waals surface area contributed by atoms with Crippen LogP contribution >= 0.6 is 0 Å². The van der Waals surface area contributed by atoms with E-state index in [2.05, 4.69) is 5.32 Å². The molecule has 1 saturated carbocycles. The molecule has 0 spiro atoms. The summed E-state index contributed by atoms with van der Waals surface area (Å²) >= 11 is 0. The first-order valence-corrected chi connectivity index (χ1v) is 8.63. The van der Waals surface area contributed by atoms with E-state index in [0.717, 1.165) is 37.1 Å².